The van der Waals surface area contributed by atoms with Crippen LogP contribution in [0.4, 0.5) is 11.4 Å². The number of rotatable bonds is 5. The topological polar surface area (TPSA) is 35.6 Å². The average Bonchev–Trinajstić information content (AvgIpc) is 2.69. The van der Waals surface area contributed by atoms with Gasteiger partial charge in [-0.05, 0) is 81.4 Å². The largest absolute Gasteiger partial charge is 0.368 e. The van der Waals surface area contributed by atoms with E-state index in [-0.39, 0.29) is 5.91 Å². The van der Waals surface area contributed by atoms with E-state index in [0.717, 1.165) is 41.0 Å². The van der Waals surface area contributed by atoms with Gasteiger partial charge in [-0.2, -0.15) is 0 Å². The van der Waals surface area contributed by atoms with Crippen molar-refractivity contribution in [2.24, 2.45) is 0 Å². The van der Waals surface area contributed by atoms with Gasteiger partial charge in [0.15, 0.2) is 0 Å². The highest BCUT2D eigenvalue weighted by molar-refractivity contribution is 6.03. The van der Waals surface area contributed by atoms with Crippen molar-refractivity contribution in [2.45, 2.75) is 39.2 Å². The number of anilines is 2. The Morgan fingerprint density at radius 3 is 2.29 bits per heavy atom. The van der Waals surface area contributed by atoms with Crippen LogP contribution in [0.2, 0.25) is 0 Å². The lowest BCUT2D eigenvalue weighted by atomic mass is 9.80. The molecule has 1 saturated heterocycles. The molecule has 3 aromatic carbocycles. The molecule has 4 nitrogen and oxygen atoms in total. The summed E-state index contributed by atoms with van der Waals surface area (Å²) in [4.78, 5) is 18.1. The maximum atomic E-state index is 13.5. The Labute approximate surface area is 185 Å². The highest BCUT2D eigenvalue weighted by atomic mass is 16.2. The number of carbonyl (C=O) groups is 1. The highest BCUT2D eigenvalue weighted by Gasteiger charge is 2.32. The third-order valence-corrected chi connectivity index (χ3v) is 6.81. The zero-order valence-corrected chi connectivity index (χ0v) is 19.5. The molecule has 0 unspecified atom stereocenters. The van der Waals surface area contributed by atoms with Gasteiger partial charge >= 0.3 is 0 Å². The van der Waals surface area contributed by atoms with Crippen LogP contribution in [0.15, 0.2) is 54.6 Å². The molecule has 162 valence electrons. The van der Waals surface area contributed by atoms with Crippen molar-refractivity contribution < 1.29 is 4.79 Å². The third kappa shape index (κ3) is 3.92. The van der Waals surface area contributed by atoms with E-state index in [0.29, 0.717) is 6.04 Å². The van der Waals surface area contributed by atoms with Gasteiger partial charge in [-0.25, -0.2) is 0 Å². The Morgan fingerprint density at radius 1 is 0.968 bits per heavy atom. The number of carbonyl (C=O) groups excluding carboxylic acids is 1. The van der Waals surface area contributed by atoms with Gasteiger partial charge in [-0.1, -0.05) is 42.5 Å². The summed E-state index contributed by atoms with van der Waals surface area (Å²) in [5, 5.41) is 5.57. The van der Waals surface area contributed by atoms with Crippen molar-refractivity contribution in [3.05, 3.63) is 71.3 Å². The van der Waals surface area contributed by atoms with Crippen LogP contribution in [0.1, 0.15) is 30.5 Å². The minimum absolute atomic E-state index is 0.0107. The van der Waals surface area contributed by atoms with Crippen molar-refractivity contribution in [1.29, 1.82) is 0 Å². The van der Waals surface area contributed by atoms with E-state index in [9.17, 15) is 4.79 Å². The van der Waals surface area contributed by atoms with E-state index < -0.39 is 5.41 Å². The van der Waals surface area contributed by atoms with Gasteiger partial charge in [0.1, 0.15) is 0 Å². The molecule has 0 aromatic heterocycles. The van der Waals surface area contributed by atoms with E-state index in [1.54, 1.807) is 0 Å². The molecule has 0 saturated carbocycles. The van der Waals surface area contributed by atoms with E-state index in [4.69, 9.17) is 0 Å². The molecule has 4 heteroatoms. The molecule has 1 heterocycles. The van der Waals surface area contributed by atoms with Crippen molar-refractivity contribution in [3.8, 4) is 0 Å². The molecule has 1 aliphatic rings. The minimum atomic E-state index is -0.664. The average molecular weight is 416 g/mol. The summed E-state index contributed by atoms with van der Waals surface area (Å²) in [7, 11) is 4.25. The molecule has 0 atom stereocenters. The van der Waals surface area contributed by atoms with E-state index in [1.807, 2.05) is 26.8 Å². The second-order valence-corrected chi connectivity index (χ2v) is 9.58. The van der Waals surface area contributed by atoms with Gasteiger partial charge < -0.3 is 15.1 Å². The summed E-state index contributed by atoms with van der Waals surface area (Å²) < 4.78 is 0. The molecule has 1 aliphatic heterocycles. The zero-order valence-electron chi connectivity index (χ0n) is 19.5. The number of hydrogen-bond donors (Lipinski definition) is 1. The molecular formula is C27H33N3O. The molecule has 4 rings (SSSR count). The Kier molecular flexibility index (Phi) is 5.52. The minimum Gasteiger partial charge on any atom is -0.368 e. The fourth-order valence-corrected chi connectivity index (χ4v) is 4.33. The number of nitrogens with one attached hydrogen (secondary N) is 1. The summed E-state index contributed by atoms with van der Waals surface area (Å²) in [6.45, 7) is 10.2. The SMILES string of the molecule is Cc1ccc(N2CC(N(C)C)C2)cc1NC(=O)C(C)(C)c1ccc(C)c2ccccc12. The molecule has 31 heavy (non-hydrogen) atoms. The van der Waals surface area contributed by atoms with Crippen LogP contribution in [0.3, 0.4) is 0 Å². The first-order valence-electron chi connectivity index (χ1n) is 11.0. The van der Waals surface area contributed by atoms with Crippen molar-refractivity contribution in [2.75, 3.05) is 37.4 Å². The standard InChI is InChI=1S/C27H33N3O/c1-18-12-14-24(23-10-8-7-9-22(18)23)27(3,4)26(31)28-25-15-20(13-11-19(25)2)30-16-21(17-30)29(5)6/h7-15,21H,16-17H2,1-6H3,(H,28,31). The number of fused-ring (bicyclic) bond motifs is 1. The first-order chi connectivity index (χ1) is 14.7. The molecule has 0 radical (unpaired) electrons. The number of aryl methyl sites for hydroxylation is 2. The molecule has 1 N–H and O–H groups in total. The van der Waals surface area contributed by atoms with Gasteiger partial charge in [-0.15, -0.1) is 0 Å². The quantitative estimate of drug-likeness (QED) is 0.628. The van der Waals surface area contributed by atoms with E-state index >= 15 is 0 Å². The van der Waals surface area contributed by atoms with Crippen LogP contribution >= 0.6 is 0 Å². The summed E-state index contributed by atoms with van der Waals surface area (Å²) in [6, 6.07) is 19.5. The summed E-state index contributed by atoms with van der Waals surface area (Å²) in [6.07, 6.45) is 0. The number of hydrogen-bond acceptors (Lipinski definition) is 3. The summed E-state index contributed by atoms with van der Waals surface area (Å²) in [5.41, 5.74) is 4.74. The molecule has 1 amide bonds. The van der Waals surface area contributed by atoms with E-state index in [1.165, 1.54) is 10.9 Å². The highest BCUT2D eigenvalue weighted by Crippen LogP contribution is 2.34. The molecule has 3 aromatic rings. The van der Waals surface area contributed by atoms with Gasteiger partial charge in [0.25, 0.3) is 0 Å². The second kappa shape index (κ2) is 8.01. The lowest BCUT2D eigenvalue weighted by Gasteiger charge is -2.44. The zero-order chi connectivity index (χ0) is 22.3. The maximum Gasteiger partial charge on any atom is 0.234 e. The molecule has 1 fully saturated rings. The smallest absolute Gasteiger partial charge is 0.234 e. The molecule has 0 spiro atoms. The maximum absolute atomic E-state index is 13.5. The van der Waals surface area contributed by atoms with Gasteiger partial charge in [0.2, 0.25) is 5.91 Å². The lowest BCUT2D eigenvalue weighted by molar-refractivity contribution is -0.120. The molecule has 0 bridgehead atoms. The fraction of sp³-hybridized carbons (Fsp3) is 0.370. The first-order valence-corrected chi connectivity index (χ1v) is 11.0. The molecule has 0 aliphatic carbocycles. The number of nitrogens with zero attached hydrogens (tertiary/aromatic N) is 2. The number of benzene rings is 3. The third-order valence-electron chi connectivity index (χ3n) is 6.81. The fourth-order valence-electron chi connectivity index (χ4n) is 4.33. The van der Waals surface area contributed by atoms with Gasteiger partial charge in [0, 0.05) is 30.5 Å². The Balaban J connectivity index is 1.60. The number of amides is 1. The van der Waals surface area contributed by atoms with Crippen LogP contribution in [-0.2, 0) is 10.2 Å². The lowest BCUT2D eigenvalue weighted by Crippen LogP contribution is -2.57. The van der Waals surface area contributed by atoms with Crippen molar-refractivity contribution in [3.63, 3.8) is 0 Å². The van der Waals surface area contributed by atoms with Crippen molar-refractivity contribution >= 4 is 28.1 Å². The van der Waals surface area contributed by atoms with Crippen LogP contribution in [0.5, 0.6) is 0 Å². The van der Waals surface area contributed by atoms with E-state index in [2.05, 4.69) is 84.7 Å². The van der Waals surface area contributed by atoms with Crippen LogP contribution in [-0.4, -0.2) is 44.0 Å². The van der Waals surface area contributed by atoms with Crippen molar-refractivity contribution in [1.82, 2.24) is 4.90 Å². The van der Waals surface area contributed by atoms with Gasteiger partial charge in [-0.3, -0.25) is 4.79 Å². The second-order valence-electron chi connectivity index (χ2n) is 9.58. The van der Waals surface area contributed by atoms with Crippen LogP contribution in [0, 0.1) is 13.8 Å². The molecular weight excluding hydrogens is 382 g/mol. The summed E-state index contributed by atoms with van der Waals surface area (Å²) >= 11 is 0. The normalized spacial score (nSPS) is 14.7. The summed E-state index contributed by atoms with van der Waals surface area (Å²) in [5.74, 6) is 0.0107. The van der Waals surface area contributed by atoms with Crippen LogP contribution < -0.4 is 10.2 Å². The first kappa shape index (κ1) is 21.4. The Morgan fingerprint density at radius 2 is 1.61 bits per heavy atom. The van der Waals surface area contributed by atoms with Crippen LogP contribution in [0.25, 0.3) is 10.8 Å². The predicted molar refractivity (Wildman–Crippen MR) is 131 cm³/mol. The van der Waals surface area contributed by atoms with Gasteiger partial charge in [0.05, 0.1) is 5.41 Å². The Bertz CT molecular complexity index is 1130. The predicted octanol–water partition coefficient (Wildman–Crippen LogP) is 5.12. The monoisotopic (exact) mass is 415 g/mol. The number of likely N-dealkylation sites (N-methyl/N-ethyl adjacent to an activating group) is 1. The Hall–Kier alpha value is -2.85.